The number of carbonyl (C=O) groups is 2. The number of ether oxygens (including phenoxy) is 1. The van der Waals surface area contributed by atoms with Gasteiger partial charge >= 0.3 is 6.09 Å². The van der Waals surface area contributed by atoms with Crippen molar-refractivity contribution < 1.29 is 14.3 Å². The maximum atomic E-state index is 12.1. The molecule has 0 aliphatic carbocycles. The number of piperidine rings is 1. The molecule has 24 heavy (non-hydrogen) atoms. The van der Waals surface area contributed by atoms with Crippen molar-refractivity contribution in [3.63, 3.8) is 0 Å². The van der Waals surface area contributed by atoms with E-state index in [-0.39, 0.29) is 6.09 Å². The first-order chi connectivity index (χ1) is 11.2. The lowest BCUT2D eigenvalue weighted by Crippen LogP contribution is -2.41. The summed E-state index contributed by atoms with van der Waals surface area (Å²) in [7, 11) is 0. The highest BCUT2D eigenvalue weighted by atomic mass is 16.6. The van der Waals surface area contributed by atoms with Crippen LogP contribution < -0.4 is 5.73 Å². The van der Waals surface area contributed by atoms with Crippen molar-refractivity contribution in [1.82, 2.24) is 4.90 Å². The minimum absolute atomic E-state index is 0.206. The number of primary amides is 1. The smallest absolute Gasteiger partial charge is 0.410 e. The van der Waals surface area contributed by atoms with Crippen molar-refractivity contribution >= 4 is 12.0 Å². The summed E-state index contributed by atoms with van der Waals surface area (Å²) in [5.74, 6) is 0.232. The van der Waals surface area contributed by atoms with E-state index >= 15 is 0 Å². The van der Waals surface area contributed by atoms with Crippen LogP contribution in [0.15, 0.2) is 24.3 Å². The van der Waals surface area contributed by atoms with Crippen LogP contribution in [0.1, 0.15) is 56.0 Å². The number of likely N-dealkylation sites (tertiary alicyclic amines) is 1. The van der Waals surface area contributed by atoms with Gasteiger partial charge < -0.3 is 15.4 Å². The summed E-state index contributed by atoms with van der Waals surface area (Å²) >= 11 is 0. The molecule has 0 radical (unpaired) electrons. The van der Waals surface area contributed by atoms with E-state index in [9.17, 15) is 9.59 Å². The summed E-state index contributed by atoms with van der Waals surface area (Å²) in [6.07, 6.45) is 3.90. The number of hydrogen-bond donors (Lipinski definition) is 1. The SMILES string of the molecule is CC(C)(C)OC(=O)N1CCC(CCc2ccc(C(N)=O)cc2)CC1. The molecule has 0 atom stereocenters. The van der Waals surface area contributed by atoms with Gasteiger partial charge in [-0.3, -0.25) is 4.79 Å². The third kappa shape index (κ3) is 5.55. The molecule has 1 heterocycles. The summed E-state index contributed by atoms with van der Waals surface area (Å²) < 4.78 is 5.42. The third-order valence-electron chi connectivity index (χ3n) is 4.35. The van der Waals surface area contributed by atoms with Crippen molar-refractivity contribution in [2.24, 2.45) is 11.7 Å². The van der Waals surface area contributed by atoms with Crippen molar-refractivity contribution in [3.05, 3.63) is 35.4 Å². The summed E-state index contributed by atoms with van der Waals surface area (Å²) in [5, 5.41) is 0. The number of aryl methyl sites for hydroxylation is 1. The lowest BCUT2D eigenvalue weighted by Gasteiger charge is -2.33. The second-order valence-electron chi connectivity index (χ2n) is 7.51. The zero-order valence-corrected chi connectivity index (χ0v) is 14.9. The number of nitrogens with two attached hydrogens (primary N) is 1. The molecule has 0 unspecified atom stereocenters. The van der Waals surface area contributed by atoms with Gasteiger partial charge in [0, 0.05) is 18.7 Å². The van der Waals surface area contributed by atoms with E-state index in [1.54, 1.807) is 12.1 Å². The predicted molar refractivity (Wildman–Crippen MR) is 93.8 cm³/mol. The Labute approximate surface area is 144 Å². The fraction of sp³-hybridized carbons (Fsp3) is 0.579. The quantitative estimate of drug-likeness (QED) is 0.919. The summed E-state index contributed by atoms with van der Waals surface area (Å²) in [6.45, 7) is 7.20. The molecule has 5 nitrogen and oxygen atoms in total. The Hall–Kier alpha value is -2.04. The number of amides is 2. The Bertz CT molecular complexity index is 567. The summed E-state index contributed by atoms with van der Waals surface area (Å²) in [4.78, 5) is 24.9. The van der Waals surface area contributed by atoms with Gasteiger partial charge in [0.2, 0.25) is 5.91 Å². The zero-order valence-electron chi connectivity index (χ0n) is 14.9. The minimum atomic E-state index is -0.439. The Morgan fingerprint density at radius 1 is 1.17 bits per heavy atom. The van der Waals surface area contributed by atoms with Crippen LogP contribution in [0.3, 0.4) is 0 Å². The molecule has 1 aromatic carbocycles. The van der Waals surface area contributed by atoms with Crippen molar-refractivity contribution in [2.75, 3.05) is 13.1 Å². The average molecular weight is 332 g/mol. The van der Waals surface area contributed by atoms with Gasteiger partial charge in [0.25, 0.3) is 0 Å². The van der Waals surface area contributed by atoms with Crippen LogP contribution in [0.2, 0.25) is 0 Å². The van der Waals surface area contributed by atoms with Crippen LogP contribution in [-0.4, -0.2) is 35.6 Å². The molecule has 1 saturated heterocycles. The Balaban J connectivity index is 1.75. The highest BCUT2D eigenvalue weighted by Gasteiger charge is 2.26. The van der Waals surface area contributed by atoms with Crippen LogP contribution in [0.4, 0.5) is 4.79 Å². The standard InChI is InChI=1S/C19H28N2O3/c1-19(2,3)24-18(23)21-12-10-15(11-13-21)5-4-14-6-8-16(9-7-14)17(20)22/h6-9,15H,4-5,10-13H2,1-3H3,(H2,20,22). The highest BCUT2D eigenvalue weighted by Crippen LogP contribution is 2.24. The van der Waals surface area contributed by atoms with Crippen LogP contribution in [0.25, 0.3) is 0 Å². The molecule has 1 aliphatic rings. The summed E-state index contributed by atoms with van der Waals surface area (Å²) in [5.41, 5.74) is 6.57. The van der Waals surface area contributed by atoms with Crippen LogP contribution >= 0.6 is 0 Å². The molecule has 5 heteroatoms. The van der Waals surface area contributed by atoms with E-state index in [2.05, 4.69) is 0 Å². The largest absolute Gasteiger partial charge is 0.444 e. The minimum Gasteiger partial charge on any atom is -0.444 e. The van der Waals surface area contributed by atoms with Gasteiger partial charge in [-0.25, -0.2) is 4.79 Å². The maximum Gasteiger partial charge on any atom is 0.410 e. The lowest BCUT2D eigenvalue weighted by molar-refractivity contribution is 0.0181. The fourth-order valence-electron chi connectivity index (χ4n) is 2.94. The van der Waals surface area contributed by atoms with Crippen molar-refractivity contribution in [3.8, 4) is 0 Å². The van der Waals surface area contributed by atoms with Crippen LogP contribution in [0.5, 0.6) is 0 Å². The molecule has 0 spiro atoms. The molecule has 2 amide bonds. The Morgan fingerprint density at radius 2 is 1.75 bits per heavy atom. The van der Waals surface area contributed by atoms with Crippen LogP contribution in [0, 0.1) is 5.92 Å². The van der Waals surface area contributed by atoms with Crippen molar-refractivity contribution in [1.29, 1.82) is 0 Å². The second-order valence-corrected chi connectivity index (χ2v) is 7.51. The lowest BCUT2D eigenvalue weighted by atomic mass is 9.90. The van der Waals surface area contributed by atoms with Crippen LogP contribution in [-0.2, 0) is 11.2 Å². The molecule has 0 bridgehead atoms. The average Bonchev–Trinajstić information content (AvgIpc) is 2.52. The topological polar surface area (TPSA) is 72.6 Å². The molecular formula is C19H28N2O3. The zero-order chi connectivity index (χ0) is 17.7. The van der Waals surface area contributed by atoms with Gasteiger partial charge in [-0.05, 0) is 70.1 Å². The van der Waals surface area contributed by atoms with Gasteiger partial charge in [-0.15, -0.1) is 0 Å². The molecule has 2 N–H and O–H groups in total. The number of carbonyl (C=O) groups excluding carboxylic acids is 2. The highest BCUT2D eigenvalue weighted by molar-refractivity contribution is 5.92. The first-order valence-corrected chi connectivity index (χ1v) is 8.61. The van der Waals surface area contributed by atoms with E-state index in [0.717, 1.165) is 38.8 Å². The van der Waals surface area contributed by atoms with Crippen molar-refractivity contribution in [2.45, 2.75) is 52.1 Å². The predicted octanol–water partition coefficient (Wildman–Crippen LogP) is 3.37. The van der Waals surface area contributed by atoms with E-state index in [1.807, 2.05) is 37.8 Å². The van der Waals surface area contributed by atoms with Gasteiger partial charge in [0.1, 0.15) is 5.60 Å². The molecular weight excluding hydrogens is 304 g/mol. The number of benzene rings is 1. The monoisotopic (exact) mass is 332 g/mol. The van der Waals surface area contributed by atoms with Gasteiger partial charge in [0.15, 0.2) is 0 Å². The Morgan fingerprint density at radius 3 is 2.25 bits per heavy atom. The normalized spacial score (nSPS) is 16.0. The van der Waals surface area contributed by atoms with Gasteiger partial charge in [0.05, 0.1) is 0 Å². The summed E-state index contributed by atoms with van der Waals surface area (Å²) in [6, 6.07) is 7.50. The first kappa shape index (κ1) is 18.3. The molecule has 1 fully saturated rings. The first-order valence-electron chi connectivity index (χ1n) is 8.61. The molecule has 132 valence electrons. The fourth-order valence-corrected chi connectivity index (χ4v) is 2.94. The van der Waals surface area contributed by atoms with E-state index in [1.165, 1.54) is 5.56 Å². The second kappa shape index (κ2) is 7.69. The van der Waals surface area contributed by atoms with E-state index in [4.69, 9.17) is 10.5 Å². The molecule has 0 saturated carbocycles. The molecule has 0 aromatic heterocycles. The number of hydrogen-bond acceptors (Lipinski definition) is 3. The number of nitrogens with zero attached hydrogens (tertiary/aromatic N) is 1. The van der Waals surface area contributed by atoms with Gasteiger partial charge in [-0.2, -0.15) is 0 Å². The molecule has 1 aromatic rings. The third-order valence-corrected chi connectivity index (χ3v) is 4.35. The Kier molecular flexibility index (Phi) is 5.86. The maximum absolute atomic E-state index is 12.1. The number of rotatable bonds is 4. The van der Waals surface area contributed by atoms with Gasteiger partial charge in [-0.1, -0.05) is 12.1 Å². The molecule has 2 rings (SSSR count). The van der Waals surface area contributed by atoms with E-state index < -0.39 is 11.5 Å². The van der Waals surface area contributed by atoms with E-state index in [0.29, 0.717) is 11.5 Å². The molecule has 1 aliphatic heterocycles.